The van der Waals surface area contributed by atoms with Crippen molar-refractivity contribution in [3.8, 4) is 0 Å². The fourth-order valence-corrected chi connectivity index (χ4v) is 5.17. The molecule has 2 aromatic carbocycles. The molecule has 7 heteroatoms. The molecule has 6 nitrogen and oxygen atoms in total. The van der Waals surface area contributed by atoms with Gasteiger partial charge in [0.2, 0.25) is 15.9 Å². The number of sulfonamides is 1. The van der Waals surface area contributed by atoms with Crippen molar-refractivity contribution in [2.24, 2.45) is 0 Å². The summed E-state index contributed by atoms with van der Waals surface area (Å²) in [5.74, 6) is -0.314. The van der Waals surface area contributed by atoms with Crippen LogP contribution in [0.15, 0.2) is 65.7 Å². The van der Waals surface area contributed by atoms with E-state index in [9.17, 15) is 13.2 Å². The summed E-state index contributed by atoms with van der Waals surface area (Å²) >= 11 is 0. The van der Waals surface area contributed by atoms with E-state index >= 15 is 0 Å². The Labute approximate surface area is 170 Å². The van der Waals surface area contributed by atoms with E-state index in [1.165, 1.54) is 18.7 Å². The van der Waals surface area contributed by atoms with Crippen LogP contribution >= 0.6 is 0 Å². The smallest absolute Gasteiger partial charge is 0.245 e. The molecule has 0 saturated carbocycles. The maximum atomic E-state index is 13.1. The van der Waals surface area contributed by atoms with E-state index in [0.717, 1.165) is 34.5 Å². The number of amides is 1. The third-order valence-electron chi connectivity index (χ3n) is 5.35. The lowest BCUT2D eigenvalue weighted by Gasteiger charge is -2.27. The number of carbonyl (C=O) groups is 1. The largest absolute Gasteiger partial charge is 0.348 e. The maximum Gasteiger partial charge on any atom is 0.245 e. The Morgan fingerprint density at radius 2 is 1.93 bits per heavy atom. The lowest BCUT2D eigenvalue weighted by Crippen LogP contribution is -2.40. The van der Waals surface area contributed by atoms with Gasteiger partial charge in [0.15, 0.2) is 0 Å². The number of hydrogen-bond donors (Lipinski definition) is 1. The highest BCUT2D eigenvalue weighted by atomic mass is 32.2. The molecular formula is C22H23N3O3S. The summed E-state index contributed by atoms with van der Waals surface area (Å²) in [5, 5.41) is 3.75. The van der Waals surface area contributed by atoms with Crippen molar-refractivity contribution in [3.05, 3.63) is 71.9 Å². The summed E-state index contributed by atoms with van der Waals surface area (Å²) in [5.41, 5.74) is 2.77. The van der Waals surface area contributed by atoms with E-state index in [0.29, 0.717) is 5.52 Å². The molecular weight excluding hydrogens is 386 g/mol. The van der Waals surface area contributed by atoms with Crippen LogP contribution in [0.3, 0.4) is 0 Å². The minimum Gasteiger partial charge on any atom is -0.348 e. The minimum atomic E-state index is -3.85. The molecule has 3 aromatic rings. The van der Waals surface area contributed by atoms with Gasteiger partial charge in [-0.1, -0.05) is 42.5 Å². The number of hydrogen-bond acceptors (Lipinski definition) is 4. The number of nitrogens with zero attached hydrogens (tertiary/aromatic N) is 2. The van der Waals surface area contributed by atoms with Crippen molar-refractivity contribution < 1.29 is 13.2 Å². The Morgan fingerprint density at radius 3 is 2.79 bits per heavy atom. The van der Waals surface area contributed by atoms with Crippen LogP contribution in [0.25, 0.3) is 10.9 Å². The van der Waals surface area contributed by atoms with Gasteiger partial charge in [-0.25, -0.2) is 8.42 Å². The molecule has 1 atom stereocenters. The van der Waals surface area contributed by atoms with Gasteiger partial charge < -0.3 is 5.32 Å². The number of likely N-dealkylation sites (N-methyl/N-ethyl adjacent to an activating group) is 1. The number of fused-ring (bicyclic) bond motifs is 2. The number of rotatable bonds is 5. The number of para-hydroxylation sites is 1. The summed E-state index contributed by atoms with van der Waals surface area (Å²) in [6.45, 7) is -0.246. The van der Waals surface area contributed by atoms with E-state index in [-0.39, 0.29) is 23.4 Å². The standard InChI is InChI=1S/C22H23N3O3S/c1-25(29(27,28)20-13-5-9-17-10-6-14-23-22(17)20)15-21(26)24-19-12-4-8-16-7-2-3-11-18(16)19/h2-3,5-7,9-11,13-14,19H,4,8,12,15H2,1H3,(H,24,26). The number of aryl methyl sites for hydroxylation is 1. The Hall–Kier alpha value is -2.77. The predicted octanol–water partition coefficient (Wildman–Crippen LogP) is 3.05. The quantitative estimate of drug-likeness (QED) is 0.702. The van der Waals surface area contributed by atoms with Crippen molar-refractivity contribution in [2.75, 3.05) is 13.6 Å². The topological polar surface area (TPSA) is 79.4 Å². The van der Waals surface area contributed by atoms with Gasteiger partial charge in [0, 0.05) is 18.6 Å². The Bertz CT molecular complexity index is 1160. The van der Waals surface area contributed by atoms with Crippen molar-refractivity contribution >= 4 is 26.8 Å². The minimum absolute atomic E-state index is 0.0808. The lowest BCUT2D eigenvalue weighted by molar-refractivity contribution is -0.122. The Balaban J connectivity index is 1.52. The van der Waals surface area contributed by atoms with Crippen LogP contribution in [0.1, 0.15) is 30.0 Å². The molecule has 1 heterocycles. The van der Waals surface area contributed by atoms with Crippen LogP contribution in [0.2, 0.25) is 0 Å². The zero-order valence-corrected chi connectivity index (χ0v) is 17.0. The van der Waals surface area contributed by atoms with Gasteiger partial charge >= 0.3 is 0 Å². The summed E-state index contributed by atoms with van der Waals surface area (Å²) in [7, 11) is -2.43. The molecule has 0 radical (unpaired) electrons. The number of nitrogens with one attached hydrogen (secondary N) is 1. The monoisotopic (exact) mass is 409 g/mol. The first-order valence-corrected chi connectivity index (χ1v) is 11.1. The second-order valence-electron chi connectivity index (χ2n) is 7.30. The van der Waals surface area contributed by atoms with Crippen LogP contribution in [-0.4, -0.2) is 37.2 Å². The highest BCUT2D eigenvalue weighted by Gasteiger charge is 2.27. The second kappa shape index (κ2) is 7.93. The zero-order valence-electron chi connectivity index (χ0n) is 16.2. The predicted molar refractivity (Wildman–Crippen MR) is 112 cm³/mol. The van der Waals surface area contributed by atoms with Gasteiger partial charge in [-0.3, -0.25) is 9.78 Å². The average Bonchev–Trinajstić information content (AvgIpc) is 2.73. The van der Waals surface area contributed by atoms with Crippen LogP contribution in [-0.2, 0) is 21.2 Å². The van der Waals surface area contributed by atoms with Crippen molar-refractivity contribution in [2.45, 2.75) is 30.2 Å². The third kappa shape index (κ3) is 3.88. The first-order chi connectivity index (χ1) is 14.0. The Kier molecular flexibility index (Phi) is 5.34. The van der Waals surface area contributed by atoms with Gasteiger partial charge in [-0.2, -0.15) is 4.31 Å². The van der Waals surface area contributed by atoms with E-state index in [1.807, 2.05) is 30.3 Å². The number of benzene rings is 2. The number of carbonyl (C=O) groups excluding carboxylic acids is 1. The van der Waals surface area contributed by atoms with Gasteiger partial charge in [-0.15, -0.1) is 0 Å². The van der Waals surface area contributed by atoms with E-state index < -0.39 is 10.0 Å². The fourth-order valence-electron chi connectivity index (χ4n) is 3.88. The van der Waals surface area contributed by atoms with Crippen LogP contribution in [0.4, 0.5) is 0 Å². The zero-order chi connectivity index (χ0) is 20.4. The first-order valence-electron chi connectivity index (χ1n) is 9.64. The van der Waals surface area contributed by atoms with Gasteiger partial charge in [0.05, 0.1) is 18.1 Å². The molecule has 1 unspecified atom stereocenters. The molecule has 1 aliphatic carbocycles. The van der Waals surface area contributed by atoms with Crippen molar-refractivity contribution in [1.29, 1.82) is 0 Å². The van der Waals surface area contributed by atoms with Gasteiger partial charge in [-0.05, 0) is 42.5 Å². The van der Waals surface area contributed by atoms with Crippen LogP contribution in [0, 0.1) is 0 Å². The summed E-state index contributed by atoms with van der Waals surface area (Å²) in [4.78, 5) is 17.0. The summed E-state index contributed by atoms with van der Waals surface area (Å²) in [6.07, 6.45) is 4.42. The molecule has 1 aliphatic rings. The molecule has 1 amide bonds. The molecule has 0 saturated heterocycles. The van der Waals surface area contributed by atoms with Crippen molar-refractivity contribution in [1.82, 2.24) is 14.6 Å². The molecule has 1 aromatic heterocycles. The SMILES string of the molecule is CN(CC(=O)NC1CCCc2ccccc21)S(=O)(=O)c1cccc2cccnc12. The number of pyridine rings is 1. The van der Waals surface area contributed by atoms with E-state index in [2.05, 4.69) is 16.4 Å². The molecule has 0 aliphatic heterocycles. The molecule has 150 valence electrons. The fraction of sp³-hybridized carbons (Fsp3) is 0.273. The molecule has 29 heavy (non-hydrogen) atoms. The number of aromatic nitrogens is 1. The van der Waals surface area contributed by atoms with Crippen LogP contribution < -0.4 is 5.32 Å². The third-order valence-corrected chi connectivity index (χ3v) is 7.19. The lowest BCUT2D eigenvalue weighted by atomic mass is 9.88. The normalized spacial score (nSPS) is 16.6. The molecule has 4 rings (SSSR count). The molecule has 1 N–H and O–H groups in total. The molecule has 0 spiro atoms. The second-order valence-corrected chi connectivity index (χ2v) is 9.32. The highest BCUT2D eigenvalue weighted by molar-refractivity contribution is 7.89. The van der Waals surface area contributed by atoms with E-state index in [4.69, 9.17) is 0 Å². The van der Waals surface area contributed by atoms with Crippen LogP contribution in [0.5, 0.6) is 0 Å². The van der Waals surface area contributed by atoms with Gasteiger partial charge in [0.25, 0.3) is 0 Å². The molecule has 0 bridgehead atoms. The van der Waals surface area contributed by atoms with Gasteiger partial charge in [0.1, 0.15) is 4.90 Å². The van der Waals surface area contributed by atoms with Crippen molar-refractivity contribution in [3.63, 3.8) is 0 Å². The van der Waals surface area contributed by atoms with E-state index in [1.54, 1.807) is 18.3 Å². The highest BCUT2D eigenvalue weighted by Crippen LogP contribution is 2.29. The Morgan fingerprint density at radius 1 is 1.14 bits per heavy atom. The summed E-state index contributed by atoms with van der Waals surface area (Å²) < 4.78 is 27.2. The maximum absolute atomic E-state index is 13.1. The average molecular weight is 410 g/mol. The first kappa shape index (κ1) is 19.5. The molecule has 0 fully saturated rings. The summed E-state index contributed by atoms with van der Waals surface area (Å²) in [6, 6.07) is 16.6.